The van der Waals surface area contributed by atoms with Gasteiger partial charge >= 0.3 is 0 Å². The predicted octanol–water partition coefficient (Wildman–Crippen LogP) is 3.50. The molecule has 0 bridgehead atoms. The SMILES string of the molecule is COc1cccc(Nc2n[nH]c3c2Cc2cc(OCCCO)c(OC)cc2-3)c1. The lowest BCUT2D eigenvalue weighted by Gasteiger charge is -2.12. The van der Waals surface area contributed by atoms with E-state index < -0.39 is 0 Å². The number of hydrogen-bond donors (Lipinski definition) is 3. The smallest absolute Gasteiger partial charge is 0.161 e. The largest absolute Gasteiger partial charge is 0.497 e. The standard InChI is InChI=1S/C21H23N3O4/c1-26-15-6-3-5-14(11-15)22-21-17-9-13-10-19(28-8-4-7-25)18(27-2)12-16(13)20(17)23-24-21/h3,5-6,10-12,25H,4,7-9H2,1-2H3,(H2,22,23,24). The Bertz CT molecular complexity index is 984. The molecule has 1 aromatic heterocycles. The van der Waals surface area contributed by atoms with Crippen LogP contribution in [0.1, 0.15) is 17.5 Å². The molecule has 0 radical (unpaired) electrons. The summed E-state index contributed by atoms with van der Waals surface area (Å²) in [5.41, 5.74) is 5.22. The van der Waals surface area contributed by atoms with Crippen LogP contribution in [-0.2, 0) is 6.42 Å². The van der Waals surface area contributed by atoms with Crippen molar-refractivity contribution in [2.75, 3.05) is 32.8 Å². The number of nitrogens with one attached hydrogen (secondary N) is 2. The van der Waals surface area contributed by atoms with E-state index in [1.165, 1.54) is 0 Å². The number of aliphatic hydroxyl groups excluding tert-OH is 1. The van der Waals surface area contributed by atoms with Gasteiger partial charge in [0.1, 0.15) is 5.75 Å². The summed E-state index contributed by atoms with van der Waals surface area (Å²) < 4.78 is 16.6. The fraction of sp³-hybridized carbons (Fsp3) is 0.286. The lowest BCUT2D eigenvalue weighted by Crippen LogP contribution is -2.02. The van der Waals surface area contributed by atoms with Gasteiger partial charge in [-0.25, -0.2) is 0 Å². The predicted molar refractivity (Wildman–Crippen MR) is 107 cm³/mol. The zero-order valence-corrected chi connectivity index (χ0v) is 15.9. The van der Waals surface area contributed by atoms with Crippen molar-refractivity contribution >= 4 is 11.5 Å². The molecule has 0 unspecified atom stereocenters. The molecular weight excluding hydrogens is 358 g/mol. The summed E-state index contributed by atoms with van der Waals surface area (Å²) in [5.74, 6) is 2.94. The molecule has 1 aliphatic rings. The molecule has 0 aliphatic heterocycles. The molecule has 1 heterocycles. The van der Waals surface area contributed by atoms with Crippen LogP contribution in [0.3, 0.4) is 0 Å². The van der Waals surface area contributed by atoms with Crippen molar-refractivity contribution in [3.63, 3.8) is 0 Å². The average molecular weight is 381 g/mol. The number of nitrogens with zero attached hydrogens (tertiary/aromatic N) is 1. The van der Waals surface area contributed by atoms with Gasteiger partial charge in [0.15, 0.2) is 17.3 Å². The maximum absolute atomic E-state index is 8.96. The van der Waals surface area contributed by atoms with E-state index in [0.29, 0.717) is 24.5 Å². The Labute approximate surface area is 163 Å². The van der Waals surface area contributed by atoms with Crippen molar-refractivity contribution in [1.29, 1.82) is 0 Å². The number of anilines is 2. The summed E-state index contributed by atoms with van der Waals surface area (Å²) in [4.78, 5) is 0. The van der Waals surface area contributed by atoms with Crippen LogP contribution in [-0.4, -0.2) is 42.7 Å². The molecule has 3 N–H and O–H groups in total. The molecule has 0 saturated heterocycles. The van der Waals surface area contributed by atoms with Gasteiger partial charge < -0.3 is 24.6 Å². The quantitative estimate of drug-likeness (QED) is 0.405. The minimum atomic E-state index is 0.1000. The number of benzene rings is 2. The first-order valence-electron chi connectivity index (χ1n) is 9.16. The Morgan fingerprint density at radius 3 is 2.82 bits per heavy atom. The number of hydrogen-bond acceptors (Lipinski definition) is 6. The molecule has 0 saturated carbocycles. The van der Waals surface area contributed by atoms with Gasteiger partial charge in [0.2, 0.25) is 0 Å². The van der Waals surface area contributed by atoms with E-state index >= 15 is 0 Å². The molecule has 28 heavy (non-hydrogen) atoms. The monoisotopic (exact) mass is 381 g/mol. The maximum Gasteiger partial charge on any atom is 0.161 e. The second kappa shape index (κ2) is 7.82. The first-order chi connectivity index (χ1) is 13.7. The van der Waals surface area contributed by atoms with Crippen molar-refractivity contribution in [1.82, 2.24) is 10.2 Å². The molecule has 4 rings (SSSR count). The van der Waals surface area contributed by atoms with Gasteiger partial charge in [-0.15, -0.1) is 0 Å². The van der Waals surface area contributed by atoms with Gasteiger partial charge in [-0.2, -0.15) is 5.10 Å². The Hall–Kier alpha value is -3.19. The highest BCUT2D eigenvalue weighted by Gasteiger charge is 2.27. The number of aliphatic hydroxyl groups is 1. The number of ether oxygens (including phenoxy) is 3. The zero-order chi connectivity index (χ0) is 19.5. The molecule has 7 heteroatoms. The van der Waals surface area contributed by atoms with Gasteiger partial charge in [0.05, 0.1) is 26.5 Å². The van der Waals surface area contributed by atoms with E-state index in [4.69, 9.17) is 19.3 Å². The summed E-state index contributed by atoms with van der Waals surface area (Å²) in [6, 6.07) is 11.7. The van der Waals surface area contributed by atoms with Crippen LogP contribution >= 0.6 is 0 Å². The number of fused-ring (bicyclic) bond motifs is 3. The van der Waals surface area contributed by atoms with Crippen LogP contribution in [0, 0.1) is 0 Å². The zero-order valence-electron chi connectivity index (χ0n) is 15.9. The first kappa shape index (κ1) is 18.2. The third-order valence-corrected chi connectivity index (χ3v) is 4.79. The van der Waals surface area contributed by atoms with Crippen molar-refractivity contribution in [2.24, 2.45) is 0 Å². The fourth-order valence-electron chi connectivity index (χ4n) is 3.39. The molecule has 0 fully saturated rings. The van der Waals surface area contributed by atoms with Gasteiger partial charge in [-0.1, -0.05) is 6.07 Å². The van der Waals surface area contributed by atoms with Crippen LogP contribution in [0.15, 0.2) is 36.4 Å². The van der Waals surface area contributed by atoms with Crippen LogP contribution in [0.4, 0.5) is 11.5 Å². The highest BCUT2D eigenvalue weighted by molar-refractivity contribution is 5.81. The molecule has 3 aromatic rings. The summed E-state index contributed by atoms with van der Waals surface area (Å²) in [7, 11) is 3.27. The van der Waals surface area contributed by atoms with Gasteiger partial charge in [0.25, 0.3) is 0 Å². The van der Waals surface area contributed by atoms with Crippen LogP contribution < -0.4 is 19.5 Å². The highest BCUT2D eigenvalue weighted by Crippen LogP contribution is 2.44. The minimum absolute atomic E-state index is 0.1000. The van der Waals surface area contributed by atoms with E-state index in [-0.39, 0.29) is 6.61 Å². The molecule has 7 nitrogen and oxygen atoms in total. The normalized spacial score (nSPS) is 11.7. The Morgan fingerprint density at radius 2 is 2.04 bits per heavy atom. The summed E-state index contributed by atoms with van der Waals surface area (Å²) in [5, 5.41) is 19.9. The number of H-pyrrole nitrogens is 1. The fourth-order valence-corrected chi connectivity index (χ4v) is 3.39. The third kappa shape index (κ3) is 3.36. The molecule has 0 amide bonds. The van der Waals surface area contributed by atoms with Crippen molar-refractivity contribution in [2.45, 2.75) is 12.8 Å². The third-order valence-electron chi connectivity index (χ3n) is 4.79. The van der Waals surface area contributed by atoms with E-state index in [1.54, 1.807) is 14.2 Å². The van der Waals surface area contributed by atoms with Crippen LogP contribution in [0.5, 0.6) is 17.2 Å². The van der Waals surface area contributed by atoms with Crippen molar-refractivity contribution in [3.8, 4) is 28.5 Å². The van der Waals surface area contributed by atoms with Crippen molar-refractivity contribution in [3.05, 3.63) is 47.5 Å². The van der Waals surface area contributed by atoms with Crippen molar-refractivity contribution < 1.29 is 19.3 Å². The summed E-state index contributed by atoms with van der Waals surface area (Å²) >= 11 is 0. The molecule has 2 aromatic carbocycles. The minimum Gasteiger partial charge on any atom is -0.497 e. The number of methoxy groups -OCH3 is 2. The van der Waals surface area contributed by atoms with Crippen LogP contribution in [0.2, 0.25) is 0 Å². The van der Waals surface area contributed by atoms with E-state index in [9.17, 15) is 0 Å². The van der Waals surface area contributed by atoms with E-state index in [0.717, 1.165) is 46.1 Å². The number of rotatable bonds is 8. The van der Waals surface area contributed by atoms with Gasteiger partial charge in [-0.05, 0) is 29.8 Å². The Morgan fingerprint density at radius 1 is 1.14 bits per heavy atom. The topological polar surface area (TPSA) is 88.6 Å². The maximum atomic E-state index is 8.96. The summed E-state index contributed by atoms with van der Waals surface area (Å²) in [6.07, 6.45) is 1.33. The Kier molecular flexibility index (Phi) is 5.08. The van der Waals surface area contributed by atoms with Gasteiger partial charge in [-0.3, -0.25) is 5.10 Å². The lowest BCUT2D eigenvalue weighted by molar-refractivity contribution is 0.228. The second-order valence-electron chi connectivity index (χ2n) is 6.55. The Balaban J connectivity index is 1.61. The average Bonchev–Trinajstić information content (AvgIpc) is 3.27. The number of aromatic amines is 1. The van der Waals surface area contributed by atoms with Crippen LogP contribution in [0.25, 0.3) is 11.3 Å². The number of aromatic nitrogens is 2. The summed E-state index contributed by atoms with van der Waals surface area (Å²) in [6.45, 7) is 0.546. The van der Waals surface area contributed by atoms with Gasteiger partial charge in [0, 0.05) is 42.3 Å². The molecular formula is C21H23N3O4. The first-order valence-corrected chi connectivity index (χ1v) is 9.16. The second-order valence-corrected chi connectivity index (χ2v) is 6.55. The molecule has 146 valence electrons. The molecule has 0 atom stereocenters. The van der Waals surface area contributed by atoms with E-state index in [2.05, 4.69) is 15.5 Å². The highest BCUT2D eigenvalue weighted by atomic mass is 16.5. The lowest BCUT2D eigenvalue weighted by atomic mass is 10.1. The van der Waals surface area contributed by atoms with E-state index in [1.807, 2.05) is 36.4 Å². The molecule has 0 spiro atoms. The molecule has 1 aliphatic carbocycles.